The van der Waals surface area contributed by atoms with E-state index >= 15 is 0 Å². The van der Waals surface area contributed by atoms with Crippen molar-refractivity contribution in [3.63, 3.8) is 0 Å². The van der Waals surface area contributed by atoms with E-state index in [1.807, 2.05) is 0 Å². The van der Waals surface area contributed by atoms with Gasteiger partial charge >= 0.3 is 6.09 Å². The summed E-state index contributed by atoms with van der Waals surface area (Å²) in [5, 5.41) is 16.9. The third-order valence-electron chi connectivity index (χ3n) is 4.96. The second-order valence-corrected chi connectivity index (χ2v) is 7.01. The maximum Gasteiger partial charge on any atom is 0.409 e. The van der Waals surface area contributed by atoms with Gasteiger partial charge in [0.05, 0.1) is 24.6 Å². The topological polar surface area (TPSA) is 136 Å². The molecule has 2 aromatic rings. The Bertz CT molecular complexity index is 971. The zero-order valence-electron chi connectivity index (χ0n) is 17.0. The molecule has 3 N–H and O–H groups in total. The lowest BCUT2D eigenvalue weighted by molar-refractivity contribution is 0.0556. The van der Waals surface area contributed by atoms with Crippen LogP contribution in [0.2, 0.25) is 0 Å². The Morgan fingerprint density at radius 3 is 2.74 bits per heavy atom. The summed E-state index contributed by atoms with van der Waals surface area (Å²) >= 11 is 0. The van der Waals surface area contributed by atoms with Crippen molar-refractivity contribution < 1.29 is 23.5 Å². The van der Waals surface area contributed by atoms with Crippen LogP contribution in [0.5, 0.6) is 0 Å². The molecular formula is C20H23FN6O4. The van der Waals surface area contributed by atoms with Gasteiger partial charge < -0.3 is 25.4 Å². The normalized spacial score (nSPS) is 18.3. The Morgan fingerprint density at radius 2 is 2.10 bits per heavy atom. The fourth-order valence-corrected chi connectivity index (χ4v) is 3.32. The highest BCUT2D eigenvalue weighted by atomic mass is 19.1. The fraction of sp³-hybridized carbons (Fsp3) is 0.400. The summed E-state index contributed by atoms with van der Waals surface area (Å²) in [6.07, 6.45) is 1.36. The Hall–Kier alpha value is -3.65. The molecule has 1 saturated heterocycles. The second-order valence-electron chi connectivity index (χ2n) is 7.01. The molecule has 3 rings (SSSR count). The van der Waals surface area contributed by atoms with Crippen molar-refractivity contribution in [3.05, 3.63) is 41.8 Å². The van der Waals surface area contributed by atoms with Crippen molar-refractivity contribution in [3.8, 4) is 6.07 Å². The number of hydrogen-bond donors (Lipinski definition) is 2. The van der Waals surface area contributed by atoms with Crippen LogP contribution in [0.1, 0.15) is 22.8 Å². The molecule has 0 bridgehead atoms. The number of likely N-dealkylation sites (tertiary alicyclic amines) is 1. The lowest BCUT2D eigenvalue weighted by atomic mass is 9.93. The van der Waals surface area contributed by atoms with Gasteiger partial charge in [-0.3, -0.25) is 9.48 Å². The van der Waals surface area contributed by atoms with Gasteiger partial charge in [-0.2, -0.15) is 10.4 Å². The molecule has 1 aliphatic heterocycles. The Labute approximate surface area is 178 Å². The van der Waals surface area contributed by atoms with Crippen LogP contribution in [-0.4, -0.2) is 60.1 Å². The number of nitrogens with one attached hydrogen (secondary N) is 1. The molecule has 0 unspecified atom stereocenters. The van der Waals surface area contributed by atoms with E-state index in [0.717, 1.165) is 0 Å². The molecule has 0 saturated carbocycles. The van der Waals surface area contributed by atoms with Gasteiger partial charge in [0, 0.05) is 32.1 Å². The molecule has 1 aromatic carbocycles. The van der Waals surface area contributed by atoms with Crippen molar-refractivity contribution in [1.82, 2.24) is 14.7 Å². The zero-order chi connectivity index (χ0) is 22.4. The molecule has 2 amide bonds. The van der Waals surface area contributed by atoms with Crippen LogP contribution < -0.4 is 11.1 Å². The molecule has 0 radical (unpaired) electrons. The monoisotopic (exact) mass is 430 g/mol. The molecule has 0 aliphatic carbocycles. The van der Waals surface area contributed by atoms with E-state index in [0.29, 0.717) is 18.7 Å². The van der Waals surface area contributed by atoms with Gasteiger partial charge in [-0.05, 0) is 30.7 Å². The molecule has 0 spiro atoms. The summed E-state index contributed by atoms with van der Waals surface area (Å²) in [7, 11) is 1.51. The Balaban J connectivity index is 1.83. The Morgan fingerprint density at radius 1 is 1.35 bits per heavy atom. The average molecular weight is 430 g/mol. The van der Waals surface area contributed by atoms with E-state index in [9.17, 15) is 19.2 Å². The van der Waals surface area contributed by atoms with Gasteiger partial charge in [0.15, 0.2) is 5.82 Å². The summed E-state index contributed by atoms with van der Waals surface area (Å²) in [4.78, 5) is 25.7. The zero-order valence-corrected chi connectivity index (χ0v) is 17.0. The summed E-state index contributed by atoms with van der Waals surface area (Å²) in [5.41, 5.74) is 6.12. The van der Waals surface area contributed by atoms with E-state index in [2.05, 4.69) is 16.5 Å². The van der Waals surface area contributed by atoms with Crippen LogP contribution >= 0.6 is 0 Å². The van der Waals surface area contributed by atoms with Crippen LogP contribution in [0, 0.1) is 23.1 Å². The van der Waals surface area contributed by atoms with Crippen molar-refractivity contribution in [2.75, 3.05) is 38.7 Å². The third kappa shape index (κ3) is 5.29. The summed E-state index contributed by atoms with van der Waals surface area (Å²) in [6.45, 7) is 0.950. The molecule has 1 fully saturated rings. The number of nitrogens with two attached hydrogens (primary N) is 1. The van der Waals surface area contributed by atoms with Crippen LogP contribution in [0.3, 0.4) is 0 Å². The third-order valence-corrected chi connectivity index (χ3v) is 4.96. The van der Waals surface area contributed by atoms with Crippen molar-refractivity contribution in [1.29, 1.82) is 5.26 Å². The van der Waals surface area contributed by atoms with Gasteiger partial charge in [-0.1, -0.05) is 0 Å². The van der Waals surface area contributed by atoms with Gasteiger partial charge in [-0.25, -0.2) is 9.18 Å². The first-order chi connectivity index (χ1) is 14.9. The number of carbonyl (C=O) groups excluding carboxylic acids is 2. The highest BCUT2D eigenvalue weighted by molar-refractivity contribution is 5.98. The summed E-state index contributed by atoms with van der Waals surface area (Å²) in [6, 6.07) is 7.26. The minimum absolute atomic E-state index is 0.112. The van der Waals surface area contributed by atoms with Crippen molar-refractivity contribution in [2.24, 2.45) is 11.7 Å². The number of nitriles is 1. The highest BCUT2D eigenvalue weighted by Gasteiger charge is 2.35. The maximum absolute atomic E-state index is 13.2. The van der Waals surface area contributed by atoms with Crippen LogP contribution in [0.15, 0.2) is 30.5 Å². The number of nitrogens with zero attached hydrogens (tertiary/aromatic N) is 4. The maximum atomic E-state index is 13.2. The van der Waals surface area contributed by atoms with Crippen molar-refractivity contribution in [2.45, 2.75) is 12.5 Å². The molecule has 2 heterocycles. The summed E-state index contributed by atoms with van der Waals surface area (Å²) in [5.74, 6) is -1.36. The number of aromatic nitrogens is 2. The number of carbonyl (C=O) groups is 2. The van der Waals surface area contributed by atoms with Crippen molar-refractivity contribution >= 4 is 23.5 Å². The number of benzene rings is 1. The van der Waals surface area contributed by atoms with Gasteiger partial charge in [0.1, 0.15) is 18.0 Å². The van der Waals surface area contributed by atoms with Crippen LogP contribution in [0.4, 0.5) is 20.7 Å². The smallest absolute Gasteiger partial charge is 0.409 e. The van der Waals surface area contributed by atoms with E-state index in [1.165, 1.54) is 47.2 Å². The predicted octanol–water partition coefficient (Wildman–Crippen LogP) is 2.03. The average Bonchev–Trinajstić information content (AvgIpc) is 3.19. The van der Waals surface area contributed by atoms with E-state index < -0.39 is 29.8 Å². The number of primary amides is 1. The van der Waals surface area contributed by atoms with E-state index in [1.54, 1.807) is 0 Å². The number of anilines is 2. The van der Waals surface area contributed by atoms with E-state index in [4.69, 9.17) is 15.2 Å². The predicted molar refractivity (Wildman–Crippen MR) is 108 cm³/mol. The number of methoxy groups -OCH3 is 1. The number of piperidine rings is 1. The second kappa shape index (κ2) is 9.90. The first kappa shape index (κ1) is 22.0. The SMILES string of the molecule is COCCOC(=O)N1CC[C@H](C#N)[C@@H](n2cc(C(N)=O)c(Nc3ccc(F)cc3)n2)C1. The quantitative estimate of drug-likeness (QED) is 0.642. The highest BCUT2D eigenvalue weighted by Crippen LogP contribution is 2.30. The summed E-state index contributed by atoms with van der Waals surface area (Å²) < 4.78 is 24.7. The van der Waals surface area contributed by atoms with Gasteiger partial charge in [0.2, 0.25) is 0 Å². The standard InChI is InChI=1S/C20H23FN6O4/c1-30-8-9-31-20(29)26-7-6-13(10-22)17(12-26)27-11-16(18(23)28)19(25-27)24-15-4-2-14(21)3-5-15/h2-5,11,13,17H,6-9,12H2,1H3,(H2,23,28)(H,24,25)/t13-,17+/m1/s1. The molecule has 11 heteroatoms. The molecule has 1 aromatic heterocycles. The minimum Gasteiger partial charge on any atom is -0.447 e. The number of hydrogen-bond acceptors (Lipinski definition) is 7. The molecule has 1 aliphatic rings. The molecule has 31 heavy (non-hydrogen) atoms. The largest absolute Gasteiger partial charge is 0.447 e. The van der Waals surface area contributed by atoms with Gasteiger partial charge in [0.25, 0.3) is 5.91 Å². The molecule has 10 nitrogen and oxygen atoms in total. The fourth-order valence-electron chi connectivity index (χ4n) is 3.32. The lowest BCUT2D eigenvalue weighted by Crippen LogP contribution is -2.45. The number of ether oxygens (including phenoxy) is 2. The first-order valence-corrected chi connectivity index (χ1v) is 9.64. The van der Waals surface area contributed by atoms with Gasteiger partial charge in [-0.15, -0.1) is 0 Å². The molecule has 164 valence electrons. The first-order valence-electron chi connectivity index (χ1n) is 9.64. The minimum atomic E-state index is -0.712. The Kier molecular flexibility index (Phi) is 7.04. The van der Waals surface area contributed by atoms with Crippen LogP contribution in [-0.2, 0) is 9.47 Å². The number of halogens is 1. The van der Waals surface area contributed by atoms with Crippen LogP contribution in [0.25, 0.3) is 0 Å². The molecule has 2 atom stereocenters. The number of amides is 2. The number of rotatable bonds is 7. The van der Waals surface area contributed by atoms with E-state index in [-0.39, 0.29) is 31.1 Å². The lowest BCUT2D eigenvalue weighted by Gasteiger charge is -2.35. The molecular weight excluding hydrogens is 407 g/mol.